The van der Waals surface area contributed by atoms with E-state index in [2.05, 4.69) is 27.4 Å². The average Bonchev–Trinajstić information content (AvgIpc) is 2.53. The van der Waals surface area contributed by atoms with Gasteiger partial charge in [0.25, 0.3) is 0 Å². The molecule has 0 amide bonds. The van der Waals surface area contributed by atoms with Crippen LogP contribution in [0.2, 0.25) is 0 Å². The Hall–Kier alpha value is -0.340. The quantitative estimate of drug-likeness (QED) is 0.655. The lowest BCUT2D eigenvalue weighted by Crippen LogP contribution is -2.41. The van der Waals surface area contributed by atoms with Gasteiger partial charge < -0.3 is 9.84 Å². The second-order valence-electron chi connectivity index (χ2n) is 7.26. The van der Waals surface area contributed by atoms with E-state index in [4.69, 9.17) is 4.74 Å². The van der Waals surface area contributed by atoms with E-state index in [1.54, 1.807) is 0 Å². The van der Waals surface area contributed by atoms with Gasteiger partial charge in [0.2, 0.25) is 0 Å². The third-order valence-electron chi connectivity index (χ3n) is 5.61. The maximum Gasteiger partial charge on any atom is 0.0787 e. The highest BCUT2D eigenvalue weighted by Gasteiger charge is 2.61. The minimum absolute atomic E-state index is 0.0453. The third-order valence-corrected chi connectivity index (χ3v) is 5.61. The molecule has 3 rings (SSSR count). The fourth-order valence-corrected chi connectivity index (χ4v) is 4.86. The summed E-state index contributed by atoms with van der Waals surface area (Å²) in [6.45, 7) is 11.0. The minimum atomic E-state index is -0.168. The number of rotatable bonds is 0. The first-order chi connectivity index (χ1) is 7.84. The Morgan fingerprint density at radius 2 is 2.06 bits per heavy atom. The molecule has 2 aliphatic heterocycles. The smallest absolute Gasteiger partial charge is 0.0787 e. The fraction of sp³-hybridized carbons (Fsp3) is 0.867. The van der Waals surface area contributed by atoms with Crippen LogP contribution in [0.25, 0.3) is 0 Å². The first-order valence-electron chi connectivity index (χ1n) is 6.86. The van der Waals surface area contributed by atoms with Crippen LogP contribution < -0.4 is 0 Å². The molecule has 1 aliphatic carbocycles. The number of hydrogen-bond donors (Lipinski definition) is 1. The Balaban J connectivity index is 2.02. The van der Waals surface area contributed by atoms with Crippen LogP contribution >= 0.6 is 0 Å². The third kappa shape index (κ3) is 1.47. The van der Waals surface area contributed by atoms with E-state index < -0.39 is 0 Å². The lowest BCUT2D eigenvalue weighted by molar-refractivity contribution is -0.0393. The van der Waals surface area contributed by atoms with Crippen molar-refractivity contribution >= 4 is 0 Å². The van der Waals surface area contributed by atoms with Gasteiger partial charge in [-0.1, -0.05) is 27.4 Å². The molecule has 96 valence electrons. The molecule has 1 N–H and O–H groups in total. The van der Waals surface area contributed by atoms with Gasteiger partial charge in [0.1, 0.15) is 0 Å². The van der Waals surface area contributed by atoms with Gasteiger partial charge in [-0.3, -0.25) is 0 Å². The van der Waals surface area contributed by atoms with Crippen molar-refractivity contribution in [1.29, 1.82) is 0 Å². The van der Waals surface area contributed by atoms with E-state index in [1.807, 2.05) is 0 Å². The fourth-order valence-electron chi connectivity index (χ4n) is 4.86. The van der Waals surface area contributed by atoms with E-state index in [1.165, 1.54) is 5.57 Å². The van der Waals surface area contributed by atoms with Gasteiger partial charge >= 0.3 is 0 Å². The van der Waals surface area contributed by atoms with Gasteiger partial charge in [-0.25, -0.2) is 0 Å². The maximum absolute atomic E-state index is 10.5. The summed E-state index contributed by atoms with van der Waals surface area (Å²) in [6.07, 6.45) is 4.39. The van der Waals surface area contributed by atoms with Crippen LogP contribution in [0.4, 0.5) is 0 Å². The SMILES string of the molecule is C=C1CC2OC1CCC1(C)C(O)CC(C)(C)C21. The molecule has 2 saturated heterocycles. The number of ether oxygens (including phenoxy) is 1. The Morgan fingerprint density at radius 1 is 1.35 bits per heavy atom. The standard InChI is InChI=1S/C15H24O2/c1-9-7-11-13-14(2,3)8-12(16)15(13,4)6-5-10(9)17-11/h10-13,16H,1,5-8H2,2-4H3. The summed E-state index contributed by atoms with van der Waals surface area (Å²) in [7, 11) is 0. The molecule has 0 aromatic rings. The number of hydrogen-bond acceptors (Lipinski definition) is 2. The topological polar surface area (TPSA) is 29.5 Å². The van der Waals surface area contributed by atoms with Crippen LogP contribution in [0.5, 0.6) is 0 Å². The summed E-state index contributed by atoms with van der Waals surface area (Å²) in [6, 6.07) is 0. The van der Waals surface area contributed by atoms with Crippen molar-refractivity contribution in [3.05, 3.63) is 12.2 Å². The molecule has 2 bridgehead atoms. The Bertz CT molecular complexity index is 360. The molecule has 5 atom stereocenters. The molecule has 0 radical (unpaired) electrons. The largest absolute Gasteiger partial charge is 0.393 e. The molecule has 3 fully saturated rings. The Kier molecular flexibility index (Phi) is 2.32. The summed E-state index contributed by atoms with van der Waals surface area (Å²) >= 11 is 0. The van der Waals surface area contributed by atoms with Crippen molar-refractivity contribution in [1.82, 2.24) is 0 Å². The normalized spacial score (nSPS) is 52.4. The predicted octanol–water partition coefficient (Wildman–Crippen LogP) is 2.91. The number of fused-ring (bicyclic) bond motifs is 4. The molecule has 0 aromatic heterocycles. The second kappa shape index (κ2) is 3.36. The molecule has 3 aliphatic rings. The van der Waals surface area contributed by atoms with Crippen LogP contribution in [0, 0.1) is 16.7 Å². The highest BCUT2D eigenvalue weighted by Crippen LogP contribution is 2.61. The molecule has 0 spiro atoms. The molecular formula is C15H24O2. The summed E-state index contributed by atoms with van der Waals surface area (Å²) in [5.74, 6) is 0.467. The highest BCUT2D eigenvalue weighted by atomic mass is 16.5. The molecule has 17 heavy (non-hydrogen) atoms. The summed E-state index contributed by atoms with van der Waals surface area (Å²) in [5, 5.41) is 10.5. The zero-order chi connectivity index (χ0) is 12.4. The Labute approximate surface area is 104 Å². The van der Waals surface area contributed by atoms with Crippen LogP contribution in [0.3, 0.4) is 0 Å². The van der Waals surface area contributed by atoms with Gasteiger partial charge in [0, 0.05) is 0 Å². The molecule has 2 heteroatoms. The van der Waals surface area contributed by atoms with E-state index in [0.717, 1.165) is 25.7 Å². The van der Waals surface area contributed by atoms with Crippen LogP contribution in [0.15, 0.2) is 12.2 Å². The summed E-state index contributed by atoms with van der Waals surface area (Å²) < 4.78 is 6.19. The van der Waals surface area contributed by atoms with Gasteiger partial charge in [-0.2, -0.15) is 0 Å². The number of aliphatic hydroxyl groups excluding tert-OH is 1. The van der Waals surface area contributed by atoms with Crippen LogP contribution in [0.1, 0.15) is 46.5 Å². The van der Waals surface area contributed by atoms with Crippen LogP contribution in [-0.4, -0.2) is 23.4 Å². The van der Waals surface area contributed by atoms with E-state index >= 15 is 0 Å². The van der Waals surface area contributed by atoms with Crippen molar-refractivity contribution in [3.63, 3.8) is 0 Å². The molecule has 2 nitrogen and oxygen atoms in total. The van der Waals surface area contributed by atoms with Crippen molar-refractivity contribution in [2.45, 2.75) is 64.8 Å². The van der Waals surface area contributed by atoms with Crippen molar-refractivity contribution in [3.8, 4) is 0 Å². The highest BCUT2D eigenvalue weighted by molar-refractivity contribution is 5.18. The van der Waals surface area contributed by atoms with E-state index in [9.17, 15) is 5.11 Å². The van der Waals surface area contributed by atoms with E-state index in [0.29, 0.717) is 5.92 Å². The second-order valence-corrected chi connectivity index (χ2v) is 7.26. The first kappa shape index (κ1) is 11.7. The lowest BCUT2D eigenvalue weighted by atomic mass is 9.64. The predicted molar refractivity (Wildman–Crippen MR) is 67.7 cm³/mol. The molecule has 2 heterocycles. The van der Waals surface area contributed by atoms with Gasteiger partial charge in [0.05, 0.1) is 18.3 Å². The monoisotopic (exact) mass is 236 g/mol. The van der Waals surface area contributed by atoms with Crippen molar-refractivity contribution in [2.24, 2.45) is 16.7 Å². The summed E-state index contributed by atoms with van der Waals surface area (Å²) in [5.41, 5.74) is 1.50. The first-order valence-corrected chi connectivity index (χ1v) is 6.86. The summed E-state index contributed by atoms with van der Waals surface area (Å²) in [4.78, 5) is 0. The van der Waals surface area contributed by atoms with Gasteiger partial charge in [-0.05, 0) is 48.0 Å². The van der Waals surface area contributed by atoms with Gasteiger partial charge in [0.15, 0.2) is 0 Å². The van der Waals surface area contributed by atoms with Gasteiger partial charge in [-0.15, -0.1) is 0 Å². The maximum atomic E-state index is 10.5. The zero-order valence-corrected chi connectivity index (χ0v) is 11.2. The van der Waals surface area contributed by atoms with Crippen LogP contribution in [-0.2, 0) is 4.74 Å². The minimum Gasteiger partial charge on any atom is -0.393 e. The molecule has 0 aromatic carbocycles. The van der Waals surface area contributed by atoms with Crippen molar-refractivity contribution < 1.29 is 9.84 Å². The van der Waals surface area contributed by atoms with Crippen molar-refractivity contribution in [2.75, 3.05) is 0 Å². The lowest BCUT2D eigenvalue weighted by Gasteiger charge is -2.40. The Morgan fingerprint density at radius 3 is 2.76 bits per heavy atom. The molecule has 5 unspecified atom stereocenters. The average molecular weight is 236 g/mol. The van der Waals surface area contributed by atoms with E-state index in [-0.39, 0.29) is 29.1 Å². The molecule has 1 saturated carbocycles. The molecular weight excluding hydrogens is 212 g/mol. The zero-order valence-electron chi connectivity index (χ0n) is 11.2. The number of aliphatic hydroxyl groups is 1.